The van der Waals surface area contributed by atoms with Crippen molar-refractivity contribution in [2.45, 2.75) is 51.2 Å². The molecule has 3 aliphatic rings. The molecule has 0 radical (unpaired) electrons. The first-order valence-electron chi connectivity index (χ1n) is 14.8. The predicted molar refractivity (Wildman–Crippen MR) is 162 cm³/mol. The molecule has 2 atom stereocenters. The van der Waals surface area contributed by atoms with Crippen LogP contribution in [0.3, 0.4) is 0 Å². The summed E-state index contributed by atoms with van der Waals surface area (Å²) in [4.78, 5) is 24.9. The van der Waals surface area contributed by atoms with Crippen molar-refractivity contribution in [1.82, 2.24) is 24.0 Å². The summed E-state index contributed by atoms with van der Waals surface area (Å²) in [6.45, 7) is -1.38. The number of halogens is 2. The monoisotopic (exact) mass is 627 g/mol. The van der Waals surface area contributed by atoms with Gasteiger partial charge in [-0.1, -0.05) is 0 Å². The first-order valence-corrected chi connectivity index (χ1v) is 16.6. The van der Waals surface area contributed by atoms with Crippen LogP contribution < -0.4 is 14.8 Å². The zero-order chi connectivity index (χ0) is 31.1. The Labute approximate surface area is 253 Å². The minimum Gasteiger partial charge on any atom is -0.494 e. The number of alkyl halides is 2. The number of amides is 1. The summed E-state index contributed by atoms with van der Waals surface area (Å²) in [6, 6.07) is 8.43. The standard InChI is InChI=1S/C30H35F2N7O4S/c1-36-25-20(12-19(14-22(25)43-2)28(40)37-11-10-30(16-37)9-8-23(30)33)34-27(36)21-13-18-6-7-24(39(29(31)32)44(3,41)42)35-26(18)38(21)15-17-4-5-17/h6-7,12-14,17,23,29H,4-5,8-11,15-16,33H2,1-3H3. The molecule has 1 saturated heterocycles. The summed E-state index contributed by atoms with van der Waals surface area (Å²) < 4.78 is 61.6. The molecule has 11 nitrogen and oxygen atoms in total. The number of likely N-dealkylation sites (tertiary alicyclic amines) is 1. The van der Waals surface area contributed by atoms with Crippen molar-refractivity contribution in [3.63, 3.8) is 0 Å². The number of hydrogen-bond donors (Lipinski definition) is 1. The van der Waals surface area contributed by atoms with E-state index in [0.717, 1.165) is 38.4 Å². The number of aryl methyl sites for hydroxylation is 1. The highest BCUT2D eigenvalue weighted by atomic mass is 32.2. The number of imidazole rings is 1. The van der Waals surface area contributed by atoms with Crippen molar-refractivity contribution >= 4 is 43.8 Å². The average Bonchev–Trinajstić information content (AvgIpc) is 3.40. The fourth-order valence-corrected chi connectivity index (χ4v) is 7.61. The van der Waals surface area contributed by atoms with E-state index in [-0.39, 0.29) is 27.5 Å². The van der Waals surface area contributed by atoms with E-state index in [0.29, 0.717) is 70.5 Å². The van der Waals surface area contributed by atoms with Crippen molar-refractivity contribution in [1.29, 1.82) is 0 Å². The third kappa shape index (κ3) is 4.61. The smallest absolute Gasteiger partial charge is 0.329 e. The van der Waals surface area contributed by atoms with E-state index in [4.69, 9.17) is 15.5 Å². The second-order valence-electron chi connectivity index (χ2n) is 12.5. The summed E-state index contributed by atoms with van der Waals surface area (Å²) >= 11 is 0. The maximum Gasteiger partial charge on any atom is 0.329 e. The third-order valence-electron chi connectivity index (χ3n) is 9.67. The van der Waals surface area contributed by atoms with Gasteiger partial charge in [0, 0.05) is 49.1 Å². The van der Waals surface area contributed by atoms with Gasteiger partial charge in [0.2, 0.25) is 10.0 Å². The van der Waals surface area contributed by atoms with Gasteiger partial charge < -0.3 is 24.5 Å². The number of fused-ring (bicyclic) bond motifs is 2. The normalized spacial score (nSPS) is 22.0. The van der Waals surface area contributed by atoms with Gasteiger partial charge in [0.1, 0.15) is 22.7 Å². The molecule has 2 aliphatic carbocycles. The van der Waals surface area contributed by atoms with E-state index in [9.17, 15) is 22.0 Å². The molecule has 234 valence electrons. The Morgan fingerprint density at radius 2 is 1.95 bits per heavy atom. The van der Waals surface area contributed by atoms with Crippen LogP contribution in [0.25, 0.3) is 33.6 Å². The van der Waals surface area contributed by atoms with Crippen LogP contribution in [0.4, 0.5) is 14.6 Å². The average molecular weight is 628 g/mol. The van der Waals surface area contributed by atoms with Gasteiger partial charge in [-0.2, -0.15) is 13.1 Å². The first-order chi connectivity index (χ1) is 20.9. The predicted octanol–water partition coefficient (Wildman–Crippen LogP) is 3.95. The van der Waals surface area contributed by atoms with Crippen molar-refractivity contribution in [2.24, 2.45) is 24.1 Å². The van der Waals surface area contributed by atoms with Crippen LogP contribution in [0.15, 0.2) is 30.3 Å². The molecular weight excluding hydrogens is 592 g/mol. The van der Waals surface area contributed by atoms with Gasteiger partial charge in [0.15, 0.2) is 5.82 Å². The van der Waals surface area contributed by atoms with E-state index >= 15 is 0 Å². The highest BCUT2D eigenvalue weighted by Gasteiger charge is 2.50. The van der Waals surface area contributed by atoms with Crippen molar-refractivity contribution in [3.8, 4) is 17.3 Å². The van der Waals surface area contributed by atoms with E-state index < -0.39 is 16.6 Å². The summed E-state index contributed by atoms with van der Waals surface area (Å²) in [5, 5.41) is 0.666. The molecule has 4 heterocycles. The van der Waals surface area contributed by atoms with Gasteiger partial charge in [-0.15, -0.1) is 0 Å². The minimum atomic E-state index is -4.27. The fraction of sp³-hybridized carbons (Fsp3) is 0.500. The largest absolute Gasteiger partial charge is 0.494 e. The quantitative estimate of drug-likeness (QED) is 0.293. The molecular formula is C30H35F2N7O4S. The Morgan fingerprint density at radius 1 is 1.18 bits per heavy atom. The Morgan fingerprint density at radius 3 is 2.55 bits per heavy atom. The van der Waals surface area contributed by atoms with E-state index in [1.807, 2.05) is 27.1 Å². The Kier molecular flexibility index (Phi) is 6.66. The van der Waals surface area contributed by atoms with E-state index in [1.54, 1.807) is 25.3 Å². The second kappa shape index (κ2) is 10.1. The molecule has 44 heavy (non-hydrogen) atoms. The summed E-state index contributed by atoms with van der Waals surface area (Å²) in [5.74, 6) is 1.04. The number of aromatic nitrogens is 4. The molecule has 1 amide bonds. The molecule has 14 heteroatoms. The maximum absolute atomic E-state index is 13.8. The van der Waals surface area contributed by atoms with Crippen LogP contribution in [0, 0.1) is 11.3 Å². The van der Waals surface area contributed by atoms with Gasteiger partial charge in [-0.3, -0.25) is 4.79 Å². The highest BCUT2D eigenvalue weighted by Crippen LogP contribution is 2.47. The number of sulfonamides is 1. The number of anilines is 1. The SMILES string of the molecule is COc1cc(C(=O)N2CCC3(CCC3N)C2)cc2nc(-c3cc4ccc(N(C(F)F)S(C)(=O)=O)nc4n3CC3CC3)n(C)c12. The summed E-state index contributed by atoms with van der Waals surface area (Å²) in [6.07, 6.45) is 5.73. The fourth-order valence-electron chi connectivity index (χ4n) is 6.88. The van der Waals surface area contributed by atoms with Crippen LogP contribution >= 0.6 is 0 Å². The number of nitrogens with two attached hydrogens (primary N) is 1. The molecule has 2 N–H and O–H groups in total. The van der Waals surface area contributed by atoms with Gasteiger partial charge in [-0.05, 0) is 68.4 Å². The molecule has 2 unspecified atom stereocenters. The lowest BCUT2D eigenvalue weighted by Crippen LogP contribution is -2.52. The molecule has 2 saturated carbocycles. The van der Waals surface area contributed by atoms with E-state index in [2.05, 4.69) is 4.98 Å². The molecule has 4 aromatic rings. The lowest BCUT2D eigenvalue weighted by Gasteiger charge is -2.44. The van der Waals surface area contributed by atoms with Crippen molar-refractivity contribution in [2.75, 3.05) is 30.8 Å². The molecule has 7 rings (SSSR count). The topological polar surface area (TPSA) is 129 Å². The Balaban J connectivity index is 1.32. The number of ether oxygens (including phenoxy) is 1. The summed E-state index contributed by atoms with van der Waals surface area (Å²) in [5.41, 5.74) is 9.20. The van der Waals surface area contributed by atoms with Crippen LogP contribution in [-0.2, 0) is 23.6 Å². The molecule has 3 fully saturated rings. The minimum absolute atomic E-state index is 0.0263. The second-order valence-corrected chi connectivity index (χ2v) is 14.4. The van der Waals surface area contributed by atoms with Gasteiger partial charge in [-0.25, -0.2) is 18.4 Å². The number of pyridine rings is 1. The van der Waals surface area contributed by atoms with Gasteiger partial charge in [0.05, 0.1) is 24.6 Å². The first kappa shape index (κ1) is 29.0. The number of methoxy groups -OCH3 is 1. The maximum atomic E-state index is 13.8. The number of nitrogens with zero attached hydrogens (tertiary/aromatic N) is 6. The zero-order valence-electron chi connectivity index (χ0n) is 24.8. The van der Waals surface area contributed by atoms with Crippen LogP contribution in [0.2, 0.25) is 0 Å². The molecule has 1 aromatic carbocycles. The molecule has 1 spiro atoms. The third-order valence-corrected chi connectivity index (χ3v) is 10.7. The van der Waals surface area contributed by atoms with Crippen LogP contribution in [0.5, 0.6) is 5.75 Å². The molecule has 3 aromatic heterocycles. The van der Waals surface area contributed by atoms with E-state index in [1.165, 1.54) is 6.07 Å². The van der Waals surface area contributed by atoms with Crippen molar-refractivity contribution < 1.29 is 26.7 Å². The Bertz CT molecular complexity index is 1920. The number of carbonyl (C=O) groups is 1. The lowest BCUT2D eigenvalue weighted by molar-refractivity contribution is 0.0685. The lowest BCUT2D eigenvalue weighted by atomic mass is 9.64. The van der Waals surface area contributed by atoms with Gasteiger partial charge in [0.25, 0.3) is 5.91 Å². The molecule has 0 bridgehead atoms. The number of carbonyl (C=O) groups excluding carboxylic acids is 1. The highest BCUT2D eigenvalue weighted by molar-refractivity contribution is 7.92. The number of hydrogen-bond acceptors (Lipinski definition) is 7. The summed E-state index contributed by atoms with van der Waals surface area (Å²) in [7, 11) is -0.854. The van der Waals surface area contributed by atoms with Crippen molar-refractivity contribution in [3.05, 3.63) is 35.9 Å². The number of rotatable bonds is 8. The number of benzene rings is 1. The van der Waals surface area contributed by atoms with Crippen LogP contribution in [-0.4, -0.2) is 77.4 Å². The molecule has 1 aliphatic heterocycles. The van der Waals surface area contributed by atoms with Gasteiger partial charge >= 0.3 is 6.55 Å². The van der Waals surface area contributed by atoms with Crippen LogP contribution in [0.1, 0.15) is 42.5 Å². The Hall–Kier alpha value is -3.78. The zero-order valence-corrected chi connectivity index (χ0v) is 25.6.